The summed E-state index contributed by atoms with van der Waals surface area (Å²) in [5.41, 5.74) is 1.75. The number of carbonyl (C=O) groups excluding carboxylic acids is 3. The van der Waals surface area contributed by atoms with Crippen molar-refractivity contribution in [2.24, 2.45) is 0 Å². The first kappa shape index (κ1) is 34.3. The van der Waals surface area contributed by atoms with Gasteiger partial charge in [-0.3, -0.25) is 9.59 Å². The third kappa shape index (κ3) is 9.01. The molecular formula is C33H38BrNO10. The summed E-state index contributed by atoms with van der Waals surface area (Å²) in [5, 5.41) is 9.63. The number of amides is 2. The number of halogens is 1. The second kappa shape index (κ2) is 16.7. The summed E-state index contributed by atoms with van der Waals surface area (Å²) < 4.78 is 34.7. The Hall–Kier alpha value is -3.55. The lowest BCUT2D eigenvalue weighted by Gasteiger charge is -2.27. The van der Waals surface area contributed by atoms with E-state index in [-0.39, 0.29) is 19.0 Å². The Balaban J connectivity index is 1.37. The number of furan rings is 1. The van der Waals surface area contributed by atoms with Crippen molar-refractivity contribution in [2.45, 2.75) is 63.8 Å². The maximum absolute atomic E-state index is 13.7. The van der Waals surface area contributed by atoms with Crippen LogP contribution in [0, 0.1) is 0 Å². The van der Waals surface area contributed by atoms with E-state index in [9.17, 15) is 19.5 Å². The summed E-state index contributed by atoms with van der Waals surface area (Å²) in [4.78, 5) is 39.7. The summed E-state index contributed by atoms with van der Waals surface area (Å²) >= 11 is 3.49. The van der Waals surface area contributed by atoms with Gasteiger partial charge in [0.25, 0.3) is 5.91 Å². The summed E-state index contributed by atoms with van der Waals surface area (Å²) in [6.45, 7) is 3.72. The van der Waals surface area contributed by atoms with E-state index >= 15 is 0 Å². The SMILES string of the molecule is CO[C@@H](C(=O)N1C(=O)O[C@@H](c2ccccc2)[C@H]1C)[C@@H](OC(C)=O)c1cc(Br)c(CCCOC[C@@H](CO)OCc2ccccc2)o1. The van der Waals surface area contributed by atoms with Crippen molar-refractivity contribution < 1.29 is 47.6 Å². The van der Waals surface area contributed by atoms with Gasteiger partial charge in [0.1, 0.15) is 23.7 Å². The van der Waals surface area contributed by atoms with E-state index in [2.05, 4.69) is 15.9 Å². The molecule has 11 nitrogen and oxygen atoms in total. The molecule has 0 radical (unpaired) electrons. The molecule has 3 aromatic rings. The number of methoxy groups -OCH3 is 1. The van der Waals surface area contributed by atoms with E-state index < -0.39 is 48.4 Å². The average Bonchev–Trinajstić information content (AvgIpc) is 3.56. The number of hydrogen-bond donors (Lipinski definition) is 1. The number of imide groups is 1. The third-order valence-electron chi connectivity index (χ3n) is 7.29. The molecule has 1 saturated heterocycles. The fraction of sp³-hybridized carbons (Fsp3) is 0.424. The zero-order chi connectivity index (χ0) is 32.3. The van der Waals surface area contributed by atoms with Crippen molar-refractivity contribution in [3.05, 3.63) is 93.9 Å². The lowest BCUT2D eigenvalue weighted by Crippen LogP contribution is -2.47. The molecule has 0 aliphatic carbocycles. The van der Waals surface area contributed by atoms with Crippen molar-refractivity contribution in [2.75, 3.05) is 26.9 Å². The highest BCUT2D eigenvalue weighted by atomic mass is 79.9. The third-order valence-corrected chi connectivity index (χ3v) is 7.96. The molecule has 1 aliphatic rings. The van der Waals surface area contributed by atoms with Gasteiger partial charge in [0, 0.05) is 27.1 Å². The molecule has 2 aromatic carbocycles. The number of nitrogens with zero attached hydrogens (tertiary/aromatic N) is 1. The lowest BCUT2D eigenvalue weighted by atomic mass is 10.0. The van der Waals surface area contributed by atoms with Crippen molar-refractivity contribution >= 4 is 33.9 Å². The van der Waals surface area contributed by atoms with Gasteiger partial charge in [-0.05, 0) is 46.5 Å². The molecule has 0 unspecified atom stereocenters. The number of benzene rings is 2. The molecule has 1 N–H and O–H groups in total. The monoisotopic (exact) mass is 687 g/mol. The number of carbonyl (C=O) groups is 3. The predicted molar refractivity (Wildman–Crippen MR) is 165 cm³/mol. The quantitative estimate of drug-likeness (QED) is 0.156. The Labute approximate surface area is 270 Å². The van der Waals surface area contributed by atoms with Crippen LogP contribution in [0.15, 0.2) is 75.6 Å². The molecule has 2 heterocycles. The van der Waals surface area contributed by atoms with Crippen LogP contribution in [0.4, 0.5) is 4.79 Å². The van der Waals surface area contributed by atoms with Crippen LogP contribution in [0.25, 0.3) is 0 Å². The van der Waals surface area contributed by atoms with E-state index in [0.29, 0.717) is 36.3 Å². The van der Waals surface area contributed by atoms with Gasteiger partial charge in [0.05, 0.1) is 30.3 Å². The van der Waals surface area contributed by atoms with Gasteiger partial charge in [-0.1, -0.05) is 60.7 Å². The van der Waals surface area contributed by atoms with Gasteiger partial charge in [-0.25, -0.2) is 9.69 Å². The van der Waals surface area contributed by atoms with Crippen LogP contribution in [0.1, 0.15) is 55.1 Å². The number of esters is 1. The van der Waals surface area contributed by atoms with Crippen LogP contribution in [-0.4, -0.2) is 73.2 Å². The van der Waals surface area contributed by atoms with Crippen LogP contribution < -0.4 is 0 Å². The van der Waals surface area contributed by atoms with Crippen molar-refractivity contribution in [3.8, 4) is 0 Å². The van der Waals surface area contributed by atoms with Gasteiger partial charge in [-0.2, -0.15) is 0 Å². The van der Waals surface area contributed by atoms with E-state index in [4.69, 9.17) is 28.1 Å². The van der Waals surface area contributed by atoms with Gasteiger partial charge in [0.2, 0.25) is 0 Å². The van der Waals surface area contributed by atoms with E-state index in [1.807, 2.05) is 60.7 Å². The number of aliphatic hydroxyl groups is 1. The minimum Gasteiger partial charge on any atom is -0.461 e. The topological polar surface area (TPSA) is 134 Å². The summed E-state index contributed by atoms with van der Waals surface area (Å²) in [6, 6.07) is 19.8. The predicted octanol–water partition coefficient (Wildman–Crippen LogP) is 5.30. The maximum atomic E-state index is 13.7. The van der Waals surface area contributed by atoms with Gasteiger partial charge >= 0.3 is 12.1 Å². The first-order chi connectivity index (χ1) is 21.7. The molecule has 0 bridgehead atoms. The molecule has 1 aliphatic heterocycles. The minimum atomic E-state index is -1.39. The number of aliphatic hydroxyl groups excluding tert-OH is 1. The molecule has 1 aromatic heterocycles. The minimum absolute atomic E-state index is 0.169. The number of ether oxygens (including phenoxy) is 5. The lowest BCUT2D eigenvalue weighted by molar-refractivity contribution is -0.164. The second-order valence-corrected chi connectivity index (χ2v) is 11.4. The van der Waals surface area contributed by atoms with Gasteiger partial charge in [0.15, 0.2) is 12.2 Å². The highest BCUT2D eigenvalue weighted by Crippen LogP contribution is 2.36. The summed E-state index contributed by atoms with van der Waals surface area (Å²) in [7, 11) is 1.29. The summed E-state index contributed by atoms with van der Waals surface area (Å²) in [6.07, 6.45) is -3.57. The Kier molecular flexibility index (Phi) is 12.7. The molecular weight excluding hydrogens is 650 g/mol. The molecule has 5 atom stereocenters. The van der Waals surface area contributed by atoms with Gasteiger partial charge in [-0.15, -0.1) is 0 Å². The van der Waals surface area contributed by atoms with Crippen LogP contribution >= 0.6 is 15.9 Å². The normalized spacial score (nSPS) is 18.3. The molecule has 2 amide bonds. The first-order valence-corrected chi connectivity index (χ1v) is 15.4. The molecule has 12 heteroatoms. The highest BCUT2D eigenvalue weighted by Gasteiger charge is 2.48. The summed E-state index contributed by atoms with van der Waals surface area (Å²) in [5.74, 6) is -0.674. The highest BCUT2D eigenvalue weighted by molar-refractivity contribution is 9.10. The molecule has 0 saturated carbocycles. The Morgan fingerprint density at radius 2 is 1.78 bits per heavy atom. The molecule has 45 heavy (non-hydrogen) atoms. The van der Waals surface area contributed by atoms with Crippen molar-refractivity contribution in [1.29, 1.82) is 0 Å². The van der Waals surface area contributed by atoms with Crippen LogP contribution in [0.2, 0.25) is 0 Å². The van der Waals surface area contributed by atoms with E-state index in [0.717, 1.165) is 16.0 Å². The number of rotatable bonds is 16. The fourth-order valence-electron chi connectivity index (χ4n) is 5.01. The Morgan fingerprint density at radius 1 is 1.09 bits per heavy atom. The van der Waals surface area contributed by atoms with E-state index in [1.165, 1.54) is 14.0 Å². The van der Waals surface area contributed by atoms with Crippen LogP contribution in [0.5, 0.6) is 0 Å². The smallest absolute Gasteiger partial charge is 0.417 e. The van der Waals surface area contributed by atoms with Crippen LogP contribution in [-0.2, 0) is 46.3 Å². The number of cyclic esters (lactones) is 1. The molecule has 1 fully saturated rings. The second-order valence-electron chi connectivity index (χ2n) is 10.5. The largest absolute Gasteiger partial charge is 0.461 e. The molecule has 4 rings (SSSR count). The molecule has 0 spiro atoms. The fourth-order valence-corrected chi connectivity index (χ4v) is 5.52. The van der Waals surface area contributed by atoms with Crippen molar-refractivity contribution in [3.63, 3.8) is 0 Å². The van der Waals surface area contributed by atoms with Crippen molar-refractivity contribution in [1.82, 2.24) is 4.90 Å². The number of aryl methyl sites for hydroxylation is 1. The van der Waals surface area contributed by atoms with Crippen LogP contribution in [0.3, 0.4) is 0 Å². The zero-order valence-electron chi connectivity index (χ0n) is 25.4. The molecule has 242 valence electrons. The van der Waals surface area contributed by atoms with E-state index in [1.54, 1.807) is 13.0 Å². The standard InChI is InChI=1S/C33H38BrNO10/c1-21-29(24-13-8-5-9-14-24)45-33(39)35(21)32(38)31(40-3)30(43-22(2)37)28-17-26(34)27(44-28)15-10-16-41-20-25(18-36)42-19-23-11-6-4-7-12-23/h4-9,11-14,17,21,25,29-31,36H,10,15-16,18-20H2,1-3H3/t21-,25-,29-,30+,31-/m1/s1. The maximum Gasteiger partial charge on any atom is 0.417 e. The zero-order valence-corrected chi connectivity index (χ0v) is 27.0. The average molecular weight is 689 g/mol. The Morgan fingerprint density at radius 3 is 2.42 bits per heavy atom. The Bertz CT molecular complexity index is 1400. The first-order valence-electron chi connectivity index (χ1n) is 14.6. The van der Waals surface area contributed by atoms with Gasteiger partial charge < -0.3 is 33.2 Å². The number of hydrogen-bond acceptors (Lipinski definition) is 10.